The van der Waals surface area contributed by atoms with E-state index in [1.165, 1.54) is 18.2 Å². The number of urea groups is 1. The Kier molecular flexibility index (Phi) is 5.59. The summed E-state index contributed by atoms with van der Waals surface area (Å²) in [5, 5.41) is 5.29. The van der Waals surface area contributed by atoms with Crippen molar-refractivity contribution in [1.82, 2.24) is 10.3 Å². The number of primary amides is 1. The van der Waals surface area contributed by atoms with Crippen LogP contribution in [-0.4, -0.2) is 16.9 Å². The highest BCUT2D eigenvalue weighted by molar-refractivity contribution is 5.96. The molecule has 3 amide bonds. The van der Waals surface area contributed by atoms with Crippen LogP contribution in [0.25, 0.3) is 0 Å². The summed E-state index contributed by atoms with van der Waals surface area (Å²) in [6.45, 7) is 0. The summed E-state index contributed by atoms with van der Waals surface area (Å²) in [4.78, 5) is 27.8. The van der Waals surface area contributed by atoms with Crippen LogP contribution in [0.4, 0.5) is 19.3 Å². The second kappa shape index (κ2) is 8.26. The Morgan fingerprint density at radius 2 is 1.75 bits per heavy atom. The van der Waals surface area contributed by atoms with Crippen molar-refractivity contribution in [3.05, 3.63) is 95.3 Å². The van der Waals surface area contributed by atoms with Crippen LogP contribution in [0.3, 0.4) is 0 Å². The second-order valence-corrected chi connectivity index (χ2v) is 5.93. The lowest BCUT2D eigenvalue weighted by Crippen LogP contribution is -2.33. The number of hydrogen-bond acceptors (Lipinski definition) is 3. The van der Waals surface area contributed by atoms with Gasteiger partial charge in [0.1, 0.15) is 11.6 Å². The fraction of sp³-hybridized carbons (Fsp3) is 0.0500. The van der Waals surface area contributed by atoms with Crippen molar-refractivity contribution in [1.29, 1.82) is 0 Å². The first-order chi connectivity index (χ1) is 13.4. The second-order valence-electron chi connectivity index (χ2n) is 5.93. The van der Waals surface area contributed by atoms with Gasteiger partial charge in [0.2, 0.25) is 0 Å². The summed E-state index contributed by atoms with van der Waals surface area (Å²) in [7, 11) is 0. The molecule has 0 aliphatic rings. The molecule has 0 fully saturated rings. The maximum absolute atomic E-state index is 13.6. The van der Waals surface area contributed by atoms with Crippen molar-refractivity contribution in [2.45, 2.75) is 6.04 Å². The number of amides is 3. The fourth-order valence-corrected chi connectivity index (χ4v) is 2.65. The van der Waals surface area contributed by atoms with Crippen molar-refractivity contribution >= 4 is 17.6 Å². The highest BCUT2D eigenvalue weighted by Gasteiger charge is 2.18. The monoisotopic (exact) mass is 382 g/mol. The number of nitrogens with zero attached hydrogens (tertiary/aromatic N) is 1. The number of pyridine rings is 1. The Hall–Kier alpha value is -3.81. The molecule has 0 saturated heterocycles. The Labute approximate surface area is 159 Å². The fourth-order valence-electron chi connectivity index (χ4n) is 2.65. The lowest BCUT2D eigenvalue weighted by molar-refractivity contribution is 0.0996. The Balaban J connectivity index is 1.83. The van der Waals surface area contributed by atoms with Gasteiger partial charge in [-0.15, -0.1) is 0 Å². The summed E-state index contributed by atoms with van der Waals surface area (Å²) < 4.78 is 26.8. The molecule has 3 rings (SSSR count). The molecule has 0 aliphatic carbocycles. The molecule has 142 valence electrons. The smallest absolute Gasteiger partial charge is 0.319 e. The molecule has 1 atom stereocenters. The van der Waals surface area contributed by atoms with Crippen LogP contribution in [0.1, 0.15) is 27.5 Å². The van der Waals surface area contributed by atoms with Gasteiger partial charge in [0.05, 0.1) is 11.6 Å². The van der Waals surface area contributed by atoms with E-state index in [9.17, 15) is 18.4 Å². The predicted molar refractivity (Wildman–Crippen MR) is 99.6 cm³/mol. The maximum Gasteiger partial charge on any atom is 0.319 e. The van der Waals surface area contributed by atoms with Crippen LogP contribution >= 0.6 is 0 Å². The van der Waals surface area contributed by atoms with E-state index < -0.39 is 29.6 Å². The van der Waals surface area contributed by atoms with Gasteiger partial charge in [0.25, 0.3) is 5.91 Å². The molecule has 28 heavy (non-hydrogen) atoms. The molecule has 2 aromatic carbocycles. The number of halogens is 2. The molecule has 0 bridgehead atoms. The first kappa shape index (κ1) is 19.0. The normalized spacial score (nSPS) is 11.5. The van der Waals surface area contributed by atoms with Crippen LogP contribution in [0.15, 0.2) is 67.0 Å². The van der Waals surface area contributed by atoms with E-state index in [-0.39, 0.29) is 11.3 Å². The van der Waals surface area contributed by atoms with E-state index in [0.717, 1.165) is 12.1 Å². The van der Waals surface area contributed by atoms with Gasteiger partial charge in [-0.3, -0.25) is 9.78 Å². The molecule has 0 spiro atoms. The zero-order valence-electron chi connectivity index (χ0n) is 14.5. The largest absolute Gasteiger partial charge is 0.366 e. The zero-order chi connectivity index (χ0) is 20.1. The first-order valence-corrected chi connectivity index (χ1v) is 8.26. The summed E-state index contributed by atoms with van der Waals surface area (Å²) in [5.41, 5.74) is 6.29. The van der Waals surface area contributed by atoms with Crippen molar-refractivity contribution in [3.63, 3.8) is 0 Å². The summed E-state index contributed by atoms with van der Waals surface area (Å²) in [5.74, 6) is -2.12. The predicted octanol–water partition coefficient (Wildman–Crippen LogP) is 3.37. The third-order valence-electron chi connectivity index (χ3n) is 3.99. The van der Waals surface area contributed by atoms with Gasteiger partial charge >= 0.3 is 6.03 Å². The Bertz CT molecular complexity index is 995. The minimum atomic E-state index is -0.943. The number of nitrogens with one attached hydrogen (secondary N) is 2. The molecule has 6 nitrogen and oxygen atoms in total. The van der Waals surface area contributed by atoms with E-state index >= 15 is 0 Å². The SMILES string of the molecule is NC(=O)c1cc(NC(=O)NC(c2ccc(F)cc2)c2cccnc2)ccc1F. The highest BCUT2D eigenvalue weighted by Crippen LogP contribution is 2.22. The summed E-state index contributed by atoms with van der Waals surface area (Å²) >= 11 is 0. The van der Waals surface area contributed by atoms with Crippen LogP contribution < -0.4 is 16.4 Å². The lowest BCUT2D eigenvalue weighted by Gasteiger charge is -2.20. The molecule has 3 aromatic rings. The third-order valence-corrected chi connectivity index (χ3v) is 3.99. The summed E-state index contributed by atoms with van der Waals surface area (Å²) in [6.07, 6.45) is 3.17. The van der Waals surface area contributed by atoms with E-state index in [1.54, 1.807) is 36.7 Å². The standard InChI is InChI=1S/C20H16F2N4O2/c21-14-5-3-12(4-6-14)18(13-2-1-9-24-11-13)26-20(28)25-15-7-8-17(22)16(10-15)19(23)27/h1-11,18H,(H2,23,27)(H2,25,26,28). The van der Waals surface area contributed by atoms with Gasteiger partial charge in [-0.2, -0.15) is 0 Å². The van der Waals surface area contributed by atoms with Crippen LogP contribution in [0.5, 0.6) is 0 Å². The molecule has 8 heteroatoms. The van der Waals surface area contributed by atoms with Gasteiger partial charge in [-0.1, -0.05) is 18.2 Å². The molecule has 1 aromatic heterocycles. The quantitative estimate of drug-likeness (QED) is 0.631. The highest BCUT2D eigenvalue weighted by atomic mass is 19.1. The Morgan fingerprint density at radius 3 is 2.39 bits per heavy atom. The molecule has 1 unspecified atom stereocenters. The molecule has 0 aliphatic heterocycles. The average molecular weight is 382 g/mol. The van der Waals surface area contributed by atoms with E-state index in [4.69, 9.17) is 5.73 Å². The van der Waals surface area contributed by atoms with Crippen molar-refractivity contribution in [2.24, 2.45) is 5.73 Å². The third kappa shape index (κ3) is 4.47. The van der Waals surface area contributed by atoms with Crippen LogP contribution in [-0.2, 0) is 0 Å². The van der Waals surface area contributed by atoms with Crippen molar-refractivity contribution in [2.75, 3.05) is 5.32 Å². The molecule has 0 radical (unpaired) electrons. The van der Waals surface area contributed by atoms with Gasteiger partial charge in [-0.05, 0) is 47.5 Å². The number of nitrogens with two attached hydrogens (primary N) is 1. The molecular weight excluding hydrogens is 366 g/mol. The Morgan fingerprint density at radius 1 is 1.00 bits per heavy atom. The minimum absolute atomic E-state index is 0.191. The van der Waals surface area contributed by atoms with Gasteiger partial charge in [-0.25, -0.2) is 13.6 Å². The van der Waals surface area contributed by atoms with E-state index in [2.05, 4.69) is 15.6 Å². The van der Waals surface area contributed by atoms with Gasteiger partial charge in [0, 0.05) is 18.1 Å². The number of anilines is 1. The van der Waals surface area contributed by atoms with Gasteiger partial charge < -0.3 is 16.4 Å². The van der Waals surface area contributed by atoms with Crippen LogP contribution in [0, 0.1) is 11.6 Å². The van der Waals surface area contributed by atoms with E-state index in [1.807, 2.05) is 0 Å². The topological polar surface area (TPSA) is 97.1 Å². The number of aromatic nitrogens is 1. The van der Waals surface area contributed by atoms with E-state index in [0.29, 0.717) is 11.1 Å². The van der Waals surface area contributed by atoms with Crippen molar-refractivity contribution < 1.29 is 18.4 Å². The van der Waals surface area contributed by atoms with Crippen LogP contribution in [0.2, 0.25) is 0 Å². The molecule has 0 saturated carbocycles. The molecule has 4 N–H and O–H groups in total. The number of carbonyl (C=O) groups excluding carboxylic acids is 2. The first-order valence-electron chi connectivity index (χ1n) is 8.26. The number of benzene rings is 2. The minimum Gasteiger partial charge on any atom is -0.366 e. The van der Waals surface area contributed by atoms with Gasteiger partial charge in [0.15, 0.2) is 0 Å². The zero-order valence-corrected chi connectivity index (χ0v) is 14.5. The number of rotatable bonds is 5. The molecular formula is C20H16F2N4O2. The lowest BCUT2D eigenvalue weighted by atomic mass is 10.0. The number of hydrogen-bond donors (Lipinski definition) is 3. The molecule has 1 heterocycles. The summed E-state index contributed by atoms with van der Waals surface area (Å²) in [6, 6.07) is 11.4. The average Bonchev–Trinajstić information content (AvgIpc) is 2.69. The van der Waals surface area contributed by atoms with Crippen molar-refractivity contribution in [3.8, 4) is 0 Å². The maximum atomic E-state index is 13.6. The number of carbonyl (C=O) groups is 2.